The van der Waals surface area contributed by atoms with Crippen LogP contribution >= 0.6 is 15.9 Å². The summed E-state index contributed by atoms with van der Waals surface area (Å²) in [5, 5.41) is 0. The standard InChI is InChI=1S/C10H9BrO3/c1-13-9-5-6(11)4-7-8(12)2-3-14-10(7)9/h4-5H,2-3H2,1H3. The number of carbonyl (C=O) groups is 1. The molecule has 1 aliphatic rings. The summed E-state index contributed by atoms with van der Waals surface area (Å²) in [7, 11) is 1.56. The highest BCUT2D eigenvalue weighted by molar-refractivity contribution is 9.10. The van der Waals surface area contributed by atoms with Crippen LogP contribution < -0.4 is 9.47 Å². The molecule has 0 radical (unpaired) electrons. The summed E-state index contributed by atoms with van der Waals surface area (Å²) in [5.74, 6) is 1.26. The van der Waals surface area contributed by atoms with Gasteiger partial charge in [-0.05, 0) is 12.1 Å². The number of Topliss-reactive ketones (excluding diaryl/α,β-unsaturated/α-hetero) is 1. The zero-order chi connectivity index (χ0) is 10.1. The van der Waals surface area contributed by atoms with Gasteiger partial charge in [0.05, 0.1) is 19.3 Å². The molecule has 0 bridgehead atoms. The smallest absolute Gasteiger partial charge is 0.172 e. The number of ketones is 1. The van der Waals surface area contributed by atoms with E-state index in [4.69, 9.17) is 9.47 Å². The van der Waals surface area contributed by atoms with Crippen LogP contribution in [0.25, 0.3) is 0 Å². The molecule has 74 valence electrons. The Morgan fingerprint density at radius 2 is 2.29 bits per heavy atom. The highest BCUT2D eigenvalue weighted by atomic mass is 79.9. The Balaban J connectivity index is 2.60. The van der Waals surface area contributed by atoms with Crippen molar-refractivity contribution in [1.29, 1.82) is 0 Å². The third-order valence-corrected chi connectivity index (χ3v) is 2.57. The molecule has 1 aliphatic heterocycles. The molecule has 0 spiro atoms. The lowest BCUT2D eigenvalue weighted by molar-refractivity contribution is 0.0930. The average Bonchev–Trinajstić information content (AvgIpc) is 2.18. The second-order valence-corrected chi connectivity index (χ2v) is 3.92. The Kier molecular flexibility index (Phi) is 2.46. The van der Waals surface area contributed by atoms with Crippen molar-refractivity contribution in [3.63, 3.8) is 0 Å². The van der Waals surface area contributed by atoms with Crippen molar-refractivity contribution in [2.24, 2.45) is 0 Å². The highest BCUT2D eigenvalue weighted by Crippen LogP contribution is 2.37. The van der Waals surface area contributed by atoms with Crippen LogP contribution in [0.2, 0.25) is 0 Å². The average molecular weight is 257 g/mol. The molecule has 0 fully saturated rings. The maximum atomic E-state index is 11.5. The molecular formula is C10H9BrO3. The van der Waals surface area contributed by atoms with Gasteiger partial charge in [-0.25, -0.2) is 0 Å². The minimum absolute atomic E-state index is 0.103. The molecule has 1 aromatic carbocycles. The van der Waals surface area contributed by atoms with Gasteiger partial charge in [0.1, 0.15) is 0 Å². The lowest BCUT2D eigenvalue weighted by atomic mass is 10.0. The highest BCUT2D eigenvalue weighted by Gasteiger charge is 2.22. The van der Waals surface area contributed by atoms with Gasteiger partial charge in [0.2, 0.25) is 0 Å². The summed E-state index contributed by atoms with van der Waals surface area (Å²) >= 11 is 3.32. The maximum Gasteiger partial charge on any atom is 0.172 e. The molecule has 3 nitrogen and oxygen atoms in total. The van der Waals surface area contributed by atoms with Crippen molar-refractivity contribution in [3.05, 3.63) is 22.2 Å². The summed E-state index contributed by atoms with van der Waals surface area (Å²) in [6.45, 7) is 0.434. The molecule has 0 N–H and O–H groups in total. The van der Waals surface area contributed by atoms with Crippen molar-refractivity contribution >= 4 is 21.7 Å². The van der Waals surface area contributed by atoms with Crippen LogP contribution in [-0.2, 0) is 0 Å². The van der Waals surface area contributed by atoms with E-state index in [2.05, 4.69) is 15.9 Å². The minimum Gasteiger partial charge on any atom is -0.493 e. The molecule has 14 heavy (non-hydrogen) atoms. The lowest BCUT2D eigenvalue weighted by Crippen LogP contribution is -2.15. The Bertz CT molecular complexity index is 387. The van der Waals surface area contributed by atoms with Gasteiger partial charge in [-0.15, -0.1) is 0 Å². The van der Waals surface area contributed by atoms with E-state index < -0.39 is 0 Å². The van der Waals surface area contributed by atoms with Crippen LogP contribution in [0.5, 0.6) is 11.5 Å². The number of ether oxygens (including phenoxy) is 2. The van der Waals surface area contributed by atoms with E-state index in [0.29, 0.717) is 30.1 Å². The van der Waals surface area contributed by atoms with E-state index in [9.17, 15) is 4.79 Å². The predicted octanol–water partition coefficient (Wildman–Crippen LogP) is 2.42. The van der Waals surface area contributed by atoms with Crippen molar-refractivity contribution < 1.29 is 14.3 Å². The number of hydrogen-bond acceptors (Lipinski definition) is 3. The number of halogens is 1. The molecular weight excluding hydrogens is 248 g/mol. The quantitative estimate of drug-likeness (QED) is 0.775. The number of fused-ring (bicyclic) bond motifs is 1. The minimum atomic E-state index is 0.103. The fourth-order valence-electron chi connectivity index (χ4n) is 1.46. The second-order valence-electron chi connectivity index (χ2n) is 3.01. The maximum absolute atomic E-state index is 11.5. The molecule has 0 atom stereocenters. The number of methoxy groups -OCH3 is 1. The molecule has 4 heteroatoms. The Morgan fingerprint density at radius 3 is 3.00 bits per heavy atom. The van der Waals surface area contributed by atoms with E-state index in [1.165, 1.54) is 0 Å². The zero-order valence-corrected chi connectivity index (χ0v) is 9.26. The Labute approximate surface area is 90.1 Å². The van der Waals surface area contributed by atoms with Gasteiger partial charge in [-0.3, -0.25) is 4.79 Å². The zero-order valence-electron chi connectivity index (χ0n) is 7.67. The van der Waals surface area contributed by atoms with E-state index in [1.54, 1.807) is 19.2 Å². The van der Waals surface area contributed by atoms with Crippen molar-refractivity contribution in [3.8, 4) is 11.5 Å². The van der Waals surface area contributed by atoms with Gasteiger partial charge in [-0.2, -0.15) is 0 Å². The topological polar surface area (TPSA) is 35.5 Å². The van der Waals surface area contributed by atoms with Crippen LogP contribution in [0, 0.1) is 0 Å². The van der Waals surface area contributed by atoms with Gasteiger partial charge < -0.3 is 9.47 Å². The van der Waals surface area contributed by atoms with E-state index in [1.807, 2.05) is 0 Å². The largest absolute Gasteiger partial charge is 0.493 e. The Morgan fingerprint density at radius 1 is 1.50 bits per heavy atom. The first-order chi connectivity index (χ1) is 6.72. The van der Waals surface area contributed by atoms with Crippen LogP contribution in [0.4, 0.5) is 0 Å². The number of carbonyl (C=O) groups excluding carboxylic acids is 1. The van der Waals surface area contributed by atoms with Crippen molar-refractivity contribution in [2.45, 2.75) is 6.42 Å². The summed E-state index contributed by atoms with van der Waals surface area (Å²) in [4.78, 5) is 11.5. The summed E-state index contributed by atoms with van der Waals surface area (Å²) < 4.78 is 11.4. The molecule has 1 heterocycles. The van der Waals surface area contributed by atoms with Crippen LogP contribution in [0.1, 0.15) is 16.8 Å². The van der Waals surface area contributed by atoms with Gasteiger partial charge in [0.25, 0.3) is 0 Å². The van der Waals surface area contributed by atoms with Crippen molar-refractivity contribution in [2.75, 3.05) is 13.7 Å². The third kappa shape index (κ3) is 1.50. The summed E-state index contributed by atoms with van der Waals surface area (Å²) in [5.41, 5.74) is 0.600. The van der Waals surface area contributed by atoms with Crippen molar-refractivity contribution in [1.82, 2.24) is 0 Å². The predicted molar refractivity (Wildman–Crippen MR) is 55.1 cm³/mol. The number of benzene rings is 1. The lowest BCUT2D eigenvalue weighted by Gasteiger charge is -2.18. The molecule has 0 unspecified atom stereocenters. The first-order valence-electron chi connectivity index (χ1n) is 4.26. The van der Waals surface area contributed by atoms with E-state index in [0.717, 1.165) is 4.47 Å². The van der Waals surface area contributed by atoms with Gasteiger partial charge in [0.15, 0.2) is 17.3 Å². The molecule has 0 amide bonds. The first kappa shape index (κ1) is 9.52. The summed E-state index contributed by atoms with van der Waals surface area (Å²) in [6, 6.07) is 3.55. The SMILES string of the molecule is COc1cc(Br)cc2c1OCCC2=O. The monoisotopic (exact) mass is 256 g/mol. The Hall–Kier alpha value is -1.03. The molecule has 1 aromatic rings. The van der Waals surface area contributed by atoms with Crippen LogP contribution in [0.15, 0.2) is 16.6 Å². The number of rotatable bonds is 1. The third-order valence-electron chi connectivity index (χ3n) is 2.12. The molecule has 0 aromatic heterocycles. The van der Waals surface area contributed by atoms with Crippen LogP contribution in [0.3, 0.4) is 0 Å². The van der Waals surface area contributed by atoms with E-state index >= 15 is 0 Å². The summed E-state index contributed by atoms with van der Waals surface area (Å²) in [6.07, 6.45) is 0.437. The van der Waals surface area contributed by atoms with Crippen LogP contribution in [-0.4, -0.2) is 19.5 Å². The fraction of sp³-hybridized carbons (Fsp3) is 0.300. The first-order valence-corrected chi connectivity index (χ1v) is 5.05. The van der Waals surface area contributed by atoms with Gasteiger partial charge >= 0.3 is 0 Å². The second kappa shape index (κ2) is 3.61. The van der Waals surface area contributed by atoms with Gasteiger partial charge in [-0.1, -0.05) is 15.9 Å². The molecule has 0 aliphatic carbocycles. The van der Waals surface area contributed by atoms with Gasteiger partial charge in [0, 0.05) is 10.9 Å². The fourth-order valence-corrected chi connectivity index (χ4v) is 1.89. The molecule has 2 rings (SSSR count). The molecule has 0 saturated heterocycles. The van der Waals surface area contributed by atoms with E-state index in [-0.39, 0.29) is 5.78 Å². The normalized spacial score (nSPS) is 14.6. The molecule has 0 saturated carbocycles. The number of hydrogen-bond donors (Lipinski definition) is 0.